The second-order valence-corrected chi connectivity index (χ2v) is 8.22. The highest BCUT2D eigenvalue weighted by Gasteiger charge is 2.15. The summed E-state index contributed by atoms with van der Waals surface area (Å²) >= 11 is 1.74. The van der Waals surface area contributed by atoms with E-state index < -0.39 is 0 Å². The van der Waals surface area contributed by atoms with Gasteiger partial charge in [-0.3, -0.25) is 0 Å². The molecule has 0 aliphatic rings. The molecular formula is C24H26N4O2S. The predicted octanol–water partition coefficient (Wildman–Crippen LogP) is 5.27. The smallest absolute Gasteiger partial charge is 0.161 e. The van der Waals surface area contributed by atoms with Crippen molar-refractivity contribution in [1.82, 2.24) is 15.5 Å². The monoisotopic (exact) mass is 434 g/mol. The minimum absolute atomic E-state index is 0.0724. The molecule has 0 fully saturated rings. The molecule has 4 aromatic rings. The van der Waals surface area contributed by atoms with Crippen LogP contribution >= 0.6 is 11.3 Å². The van der Waals surface area contributed by atoms with Gasteiger partial charge in [0.05, 0.1) is 26.5 Å². The van der Waals surface area contributed by atoms with Crippen molar-refractivity contribution in [2.45, 2.75) is 19.5 Å². The number of anilines is 1. The normalized spacial score (nSPS) is 12.0. The van der Waals surface area contributed by atoms with Gasteiger partial charge in [-0.25, -0.2) is 0 Å². The van der Waals surface area contributed by atoms with E-state index in [0.717, 1.165) is 23.1 Å². The summed E-state index contributed by atoms with van der Waals surface area (Å²) in [5.74, 6) is 2.06. The molecule has 6 nitrogen and oxygen atoms in total. The highest BCUT2D eigenvalue weighted by Crippen LogP contribution is 2.36. The van der Waals surface area contributed by atoms with Crippen molar-refractivity contribution in [2.75, 3.05) is 26.6 Å². The Morgan fingerprint density at radius 2 is 1.84 bits per heavy atom. The molecule has 2 aromatic heterocycles. The number of thiophene rings is 1. The van der Waals surface area contributed by atoms with Gasteiger partial charge in [-0.05, 0) is 54.2 Å². The Bertz CT molecular complexity index is 1190. The van der Waals surface area contributed by atoms with E-state index in [1.165, 1.54) is 21.6 Å². The number of benzene rings is 2. The van der Waals surface area contributed by atoms with Gasteiger partial charge in [0.2, 0.25) is 0 Å². The highest BCUT2D eigenvalue weighted by molar-refractivity contribution is 7.10. The first kappa shape index (κ1) is 21.1. The van der Waals surface area contributed by atoms with E-state index in [2.05, 4.69) is 63.5 Å². The SMILES string of the molecule is CNCc1ccccc1-c1csc([C@@H](C)Nc2nncc3cc(OC)c(OC)cc23)c1. The third-order valence-corrected chi connectivity index (χ3v) is 6.38. The molecule has 0 aliphatic carbocycles. The van der Waals surface area contributed by atoms with Crippen molar-refractivity contribution in [3.8, 4) is 22.6 Å². The lowest BCUT2D eigenvalue weighted by molar-refractivity contribution is 0.356. The topological polar surface area (TPSA) is 68.3 Å². The fourth-order valence-corrected chi connectivity index (χ4v) is 4.58. The molecule has 2 heterocycles. The molecular weight excluding hydrogens is 408 g/mol. The van der Waals surface area contributed by atoms with Gasteiger partial charge in [0.15, 0.2) is 17.3 Å². The van der Waals surface area contributed by atoms with Crippen LogP contribution in [0, 0.1) is 0 Å². The fourth-order valence-electron chi connectivity index (χ4n) is 3.66. The van der Waals surface area contributed by atoms with Crippen LogP contribution in [0.25, 0.3) is 21.9 Å². The average Bonchev–Trinajstić information content (AvgIpc) is 3.29. The number of methoxy groups -OCH3 is 2. The van der Waals surface area contributed by atoms with E-state index in [1.807, 2.05) is 19.2 Å². The molecule has 0 unspecified atom stereocenters. The predicted molar refractivity (Wildman–Crippen MR) is 127 cm³/mol. The number of nitrogens with zero attached hydrogens (tertiary/aromatic N) is 2. The molecule has 0 bridgehead atoms. The average molecular weight is 435 g/mol. The molecule has 0 spiro atoms. The quantitative estimate of drug-likeness (QED) is 0.394. The van der Waals surface area contributed by atoms with Crippen LogP contribution in [0.3, 0.4) is 0 Å². The Balaban J connectivity index is 1.62. The zero-order chi connectivity index (χ0) is 21.8. The summed E-state index contributed by atoms with van der Waals surface area (Å²) in [5.41, 5.74) is 3.78. The molecule has 0 saturated heterocycles. The lowest BCUT2D eigenvalue weighted by atomic mass is 10.0. The van der Waals surface area contributed by atoms with Gasteiger partial charge in [-0.1, -0.05) is 24.3 Å². The van der Waals surface area contributed by atoms with Gasteiger partial charge in [0.1, 0.15) is 0 Å². The van der Waals surface area contributed by atoms with Crippen molar-refractivity contribution in [1.29, 1.82) is 0 Å². The van der Waals surface area contributed by atoms with Gasteiger partial charge in [-0.2, -0.15) is 5.10 Å². The van der Waals surface area contributed by atoms with Crippen LogP contribution in [0.5, 0.6) is 11.5 Å². The summed E-state index contributed by atoms with van der Waals surface area (Å²) in [6.07, 6.45) is 1.73. The second kappa shape index (κ2) is 9.32. The summed E-state index contributed by atoms with van der Waals surface area (Å²) in [6.45, 7) is 2.97. The van der Waals surface area contributed by atoms with Gasteiger partial charge < -0.3 is 20.1 Å². The highest BCUT2D eigenvalue weighted by atomic mass is 32.1. The zero-order valence-electron chi connectivity index (χ0n) is 18.1. The third kappa shape index (κ3) is 4.33. The number of aromatic nitrogens is 2. The molecule has 0 aliphatic heterocycles. The first-order valence-electron chi connectivity index (χ1n) is 10.1. The lowest BCUT2D eigenvalue weighted by Gasteiger charge is -2.15. The maximum absolute atomic E-state index is 5.47. The second-order valence-electron chi connectivity index (χ2n) is 7.28. The van der Waals surface area contributed by atoms with Crippen LogP contribution in [-0.2, 0) is 6.54 Å². The fraction of sp³-hybridized carbons (Fsp3) is 0.250. The maximum atomic E-state index is 5.47. The molecule has 31 heavy (non-hydrogen) atoms. The molecule has 1 atom stereocenters. The Morgan fingerprint density at radius 1 is 1.06 bits per heavy atom. The van der Waals surface area contributed by atoms with Crippen LogP contribution in [0.15, 0.2) is 54.0 Å². The van der Waals surface area contributed by atoms with E-state index in [-0.39, 0.29) is 6.04 Å². The Labute approximate surface area is 186 Å². The van der Waals surface area contributed by atoms with Crippen molar-refractivity contribution >= 4 is 27.9 Å². The lowest BCUT2D eigenvalue weighted by Crippen LogP contribution is -2.08. The summed E-state index contributed by atoms with van der Waals surface area (Å²) in [5, 5.41) is 19.4. The van der Waals surface area contributed by atoms with Crippen molar-refractivity contribution < 1.29 is 9.47 Å². The molecule has 0 saturated carbocycles. The number of fused-ring (bicyclic) bond motifs is 1. The van der Waals surface area contributed by atoms with Gasteiger partial charge in [0, 0.05) is 22.2 Å². The van der Waals surface area contributed by atoms with Crippen LogP contribution in [0.1, 0.15) is 23.4 Å². The van der Waals surface area contributed by atoms with E-state index in [1.54, 1.807) is 31.8 Å². The molecule has 2 aromatic carbocycles. The van der Waals surface area contributed by atoms with Gasteiger partial charge in [-0.15, -0.1) is 16.4 Å². The van der Waals surface area contributed by atoms with Crippen LogP contribution in [0.4, 0.5) is 5.82 Å². The molecule has 0 amide bonds. The molecule has 160 valence electrons. The van der Waals surface area contributed by atoms with Crippen molar-refractivity contribution in [3.05, 3.63) is 64.5 Å². The standard InChI is InChI=1S/C24H26N4O2S/c1-15(23-10-18(14-31-23)19-8-6-5-7-16(19)12-25-2)27-24-20-11-22(30-4)21(29-3)9-17(20)13-26-28-24/h5-11,13-15,25H,12H2,1-4H3,(H,27,28)/t15-/m1/s1. The minimum atomic E-state index is 0.0724. The molecule has 0 radical (unpaired) electrons. The Morgan fingerprint density at radius 3 is 2.61 bits per heavy atom. The number of hydrogen-bond donors (Lipinski definition) is 2. The molecule has 4 rings (SSSR count). The number of hydrogen-bond acceptors (Lipinski definition) is 7. The largest absolute Gasteiger partial charge is 0.493 e. The minimum Gasteiger partial charge on any atom is -0.493 e. The zero-order valence-corrected chi connectivity index (χ0v) is 18.9. The number of ether oxygens (including phenoxy) is 2. The number of rotatable bonds is 8. The van der Waals surface area contributed by atoms with E-state index in [9.17, 15) is 0 Å². The van der Waals surface area contributed by atoms with Crippen LogP contribution < -0.4 is 20.1 Å². The van der Waals surface area contributed by atoms with Gasteiger partial charge in [0.25, 0.3) is 0 Å². The number of nitrogens with one attached hydrogen (secondary N) is 2. The first-order chi connectivity index (χ1) is 15.1. The summed E-state index contributed by atoms with van der Waals surface area (Å²) < 4.78 is 10.9. The van der Waals surface area contributed by atoms with Gasteiger partial charge >= 0.3 is 0 Å². The summed E-state index contributed by atoms with van der Waals surface area (Å²) in [7, 11) is 5.23. The third-order valence-electron chi connectivity index (χ3n) is 5.26. The summed E-state index contributed by atoms with van der Waals surface area (Å²) in [6, 6.07) is 14.7. The van der Waals surface area contributed by atoms with Crippen molar-refractivity contribution in [3.63, 3.8) is 0 Å². The Kier molecular flexibility index (Phi) is 6.34. The molecule has 2 N–H and O–H groups in total. The van der Waals surface area contributed by atoms with Crippen LogP contribution in [0.2, 0.25) is 0 Å². The Hall–Kier alpha value is -3.16. The maximum Gasteiger partial charge on any atom is 0.161 e. The molecule has 7 heteroatoms. The van der Waals surface area contributed by atoms with E-state index in [4.69, 9.17) is 9.47 Å². The first-order valence-corrected chi connectivity index (χ1v) is 11.0. The van der Waals surface area contributed by atoms with Crippen molar-refractivity contribution in [2.24, 2.45) is 0 Å². The van der Waals surface area contributed by atoms with E-state index in [0.29, 0.717) is 11.5 Å². The van der Waals surface area contributed by atoms with Crippen LogP contribution in [-0.4, -0.2) is 31.5 Å². The summed E-state index contributed by atoms with van der Waals surface area (Å²) in [4.78, 5) is 1.23. The van der Waals surface area contributed by atoms with E-state index >= 15 is 0 Å².